The zero-order valence-corrected chi connectivity index (χ0v) is 12.2. The minimum atomic E-state index is -0.242. The van der Waals surface area contributed by atoms with Gasteiger partial charge in [-0.25, -0.2) is 0 Å². The van der Waals surface area contributed by atoms with Crippen LogP contribution in [0, 0.1) is 19.3 Å². The number of amides is 1. The second kappa shape index (κ2) is 5.74. The van der Waals surface area contributed by atoms with E-state index >= 15 is 0 Å². The highest BCUT2D eigenvalue weighted by atomic mass is 16.2. The van der Waals surface area contributed by atoms with E-state index in [-0.39, 0.29) is 11.3 Å². The Morgan fingerprint density at radius 1 is 1.42 bits per heavy atom. The standard InChI is InChI=1S/C16H24N2O/c1-4-16(8-5-9-17-11-16)15(19)18-14-10-12(2)6-7-13(14)3/h6-7,10,17H,4-5,8-9,11H2,1-3H3,(H,18,19). The summed E-state index contributed by atoms with van der Waals surface area (Å²) in [6.45, 7) is 8.01. The molecule has 1 heterocycles. The number of anilines is 1. The van der Waals surface area contributed by atoms with Crippen molar-refractivity contribution in [3.8, 4) is 0 Å². The molecule has 1 atom stereocenters. The van der Waals surface area contributed by atoms with Crippen LogP contribution in [0.5, 0.6) is 0 Å². The number of hydrogen-bond donors (Lipinski definition) is 2. The molecule has 1 aliphatic heterocycles. The zero-order chi connectivity index (χ0) is 13.9. The molecule has 0 bridgehead atoms. The molecule has 1 aliphatic rings. The molecule has 2 N–H and O–H groups in total. The fraction of sp³-hybridized carbons (Fsp3) is 0.562. The molecule has 1 aromatic carbocycles. The highest BCUT2D eigenvalue weighted by molar-refractivity contribution is 5.96. The van der Waals surface area contributed by atoms with Gasteiger partial charge in [-0.2, -0.15) is 0 Å². The van der Waals surface area contributed by atoms with E-state index in [0.29, 0.717) is 0 Å². The Morgan fingerprint density at radius 2 is 2.21 bits per heavy atom. The van der Waals surface area contributed by atoms with Crippen LogP contribution in [0.2, 0.25) is 0 Å². The van der Waals surface area contributed by atoms with Crippen molar-refractivity contribution in [3.05, 3.63) is 29.3 Å². The highest BCUT2D eigenvalue weighted by Gasteiger charge is 2.37. The van der Waals surface area contributed by atoms with Crippen molar-refractivity contribution in [3.63, 3.8) is 0 Å². The van der Waals surface area contributed by atoms with Crippen molar-refractivity contribution in [2.75, 3.05) is 18.4 Å². The van der Waals surface area contributed by atoms with E-state index in [1.807, 2.05) is 19.9 Å². The summed E-state index contributed by atoms with van der Waals surface area (Å²) in [4.78, 5) is 12.6. The van der Waals surface area contributed by atoms with Crippen molar-refractivity contribution in [2.24, 2.45) is 5.41 Å². The SMILES string of the molecule is CCC1(C(=O)Nc2cc(C)ccc2C)CCCNC1. The minimum absolute atomic E-state index is 0.163. The van der Waals surface area contributed by atoms with Gasteiger partial charge in [-0.05, 0) is 56.8 Å². The molecule has 1 amide bonds. The van der Waals surface area contributed by atoms with E-state index in [1.165, 1.54) is 5.56 Å². The van der Waals surface area contributed by atoms with E-state index in [1.54, 1.807) is 0 Å². The van der Waals surface area contributed by atoms with E-state index in [2.05, 4.69) is 29.7 Å². The second-order valence-corrected chi connectivity index (χ2v) is 5.69. The number of piperidine rings is 1. The number of rotatable bonds is 3. The third-order valence-corrected chi connectivity index (χ3v) is 4.27. The van der Waals surface area contributed by atoms with E-state index < -0.39 is 0 Å². The predicted molar refractivity (Wildman–Crippen MR) is 79.4 cm³/mol. The lowest BCUT2D eigenvalue weighted by Crippen LogP contribution is -2.47. The van der Waals surface area contributed by atoms with Crippen LogP contribution in [0.4, 0.5) is 5.69 Å². The van der Waals surface area contributed by atoms with Gasteiger partial charge < -0.3 is 10.6 Å². The maximum absolute atomic E-state index is 12.6. The van der Waals surface area contributed by atoms with Crippen molar-refractivity contribution >= 4 is 11.6 Å². The summed E-state index contributed by atoms with van der Waals surface area (Å²) >= 11 is 0. The molecule has 19 heavy (non-hydrogen) atoms. The molecule has 3 nitrogen and oxygen atoms in total. The number of aryl methyl sites for hydroxylation is 2. The molecule has 0 spiro atoms. The molecule has 0 aliphatic carbocycles. The molecule has 2 rings (SSSR count). The number of benzene rings is 1. The molecular formula is C16H24N2O. The van der Waals surface area contributed by atoms with E-state index in [0.717, 1.165) is 43.6 Å². The van der Waals surface area contributed by atoms with Crippen LogP contribution in [-0.2, 0) is 4.79 Å². The highest BCUT2D eigenvalue weighted by Crippen LogP contribution is 2.32. The molecule has 3 heteroatoms. The fourth-order valence-electron chi connectivity index (χ4n) is 2.75. The van der Waals surface area contributed by atoms with Crippen molar-refractivity contribution < 1.29 is 4.79 Å². The van der Waals surface area contributed by atoms with Crippen LogP contribution in [0.25, 0.3) is 0 Å². The summed E-state index contributed by atoms with van der Waals surface area (Å²) in [5, 5.41) is 6.49. The predicted octanol–water partition coefficient (Wildman–Crippen LogP) is 3.02. The van der Waals surface area contributed by atoms with Gasteiger partial charge in [0.2, 0.25) is 5.91 Å². The first-order valence-corrected chi connectivity index (χ1v) is 7.17. The van der Waals surface area contributed by atoms with Gasteiger partial charge in [0.15, 0.2) is 0 Å². The lowest BCUT2D eigenvalue weighted by Gasteiger charge is -2.35. The molecular weight excluding hydrogens is 236 g/mol. The van der Waals surface area contributed by atoms with Gasteiger partial charge in [0, 0.05) is 12.2 Å². The first kappa shape index (κ1) is 14.1. The smallest absolute Gasteiger partial charge is 0.231 e. The average molecular weight is 260 g/mol. The maximum Gasteiger partial charge on any atom is 0.231 e. The number of carbonyl (C=O) groups is 1. The van der Waals surface area contributed by atoms with Crippen molar-refractivity contribution in [1.82, 2.24) is 5.32 Å². The first-order chi connectivity index (χ1) is 9.07. The molecule has 1 aromatic rings. The average Bonchev–Trinajstić information content (AvgIpc) is 2.43. The van der Waals surface area contributed by atoms with Gasteiger partial charge in [-0.3, -0.25) is 4.79 Å². The summed E-state index contributed by atoms with van der Waals surface area (Å²) in [6.07, 6.45) is 2.94. The summed E-state index contributed by atoms with van der Waals surface area (Å²) < 4.78 is 0. The van der Waals surface area contributed by atoms with Gasteiger partial charge in [-0.15, -0.1) is 0 Å². The molecule has 1 fully saturated rings. The lowest BCUT2D eigenvalue weighted by molar-refractivity contribution is -0.126. The van der Waals surface area contributed by atoms with Gasteiger partial charge in [-0.1, -0.05) is 19.1 Å². The largest absolute Gasteiger partial charge is 0.325 e. The number of nitrogens with one attached hydrogen (secondary N) is 2. The Morgan fingerprint density at radius 3 is 2.84 bits per heavy atom. The summed E-state index contributed by atoms with van der Waals surface area (Å²) in [5.74, 6) is 0.163. The fourth-order valence-corrected chi connectivity index (χ4v) is 2.75. The van der Waals surface area contributed by atoms with Crippen LogP contribution < -0.4 is 10.6 Å². The van der Waals surface area contributed by atoms with Gasteiger partial charge in [0.05, 0.1) is 5.41 Å². The molecule has 0 aromatic heterocycles. The number of carbonyl (C=O) groups excluding carboxylic acids is 1. The monoisotopic (exact) mass is 260 g/mol. The Labute approximate surface area is 115 Å². The molecule has 1 unspecified atom stereocenters. The molecule has 0 saturated carbocycles. The summed E-state index contributed by atoms with van der Waals surface area (Å²) in [5.41, 5.74) is 3.00. The third kappa shape index (κ3) is 2.98. The Balaban J connectivity index is 2.17. The quantitative estimate of drug-likeness (QED) is 0.877. The van der Waals surface area contributed by atoms with Crippen LogP contribution in [0.1, 0.15) is 37.3 Å². The van der Waals surface area contributed by atoms with Crippen LogP contribution >= 0.6 is 0 Å². The number of hydrogen-bond acceptors (Lipinski definition) is 2. The minimum Gasteiger partial charge on any atom is -0.325 e. The van der Waals surface area contributed by atoms with Crippen LogP contribution in [0.15, 0.2) is 18.2 Å². The molecule has 0 radical (unpaired) electrons. The van der Waals surface area contributed by atoms with E-state index in [9.17, 15) is 4.79 Å². The van der Waals surface area contributed by atoms with Gasteiger partial charge in [0.25, 0.3) is 0 Å². The van der Waals surface area contributed by atoms with Gasteiger partial charge in [0.1, 0.15) is 0 Å². The third-order valence-electron chi connectivity index (χ3n) is 4.27. The second-order valence-electron chi connectivity index (χ2n) is 5.69. The van der Waals surface area contributed by atoms with Crippen LogP contribution in [0.3, 0.4) is 0 Å². The van der Waals surface area contributed by atoms with Crippen LogP contribution in [-0.4, -0.2) is 19.0 Å². The topological polar surface area (TPSA) is 41.1 Å². The van der Waals surface area contributed by atoms with E-state index in [4.69, 9.17) is 0 Å². The molecule has 1 saturated heterocycles. The van der Waals surface area contributed by atoms with Crippen molar-refractivity contribution in [2.45, 2.75) is 40.0 Å². The van der Waals surface area contributed by atoms with Gasteiger partial charge >= 0.3 is 0 Å². The normalized spacial score (nSPS) is 23.1. The maximum atomic E-state index is 12.6. The van der Waals surface area contributed by atoms with Crippen molar-refractivity contribution in [1.29, 1.82) is 0 Å². The lowest BCUT2D eigenvalue weighted by atomic mass is 9.77. The Hall–Kier alpha value is -1.35. The molecule has 104 valence electrons. The Bertz CT molecular complexity index is 462. The first-order valence-electron chi connectivity index (χ1n) is 7.17. The zero-order valence-electron chi connectivity index (χ0n) is 12.2. The summed E-state index contributed by atoms with van der Waals surface area (Å²) in [6, 6.07) is 6.18. The summed E-state index contributed by atoms with van der Waals surface area (Å²) in [7, 11) is 0. The Kier molecular flexibility index (Phi) is 4.25.